The molecule has 0 saturated carbocycles. The van der Waals surface area contributed by atoms with Gasteiger partial charge in [-0.05, 0) is 20.8 Å². The van der Waals surface area contributed by atoms with E-state index in [1.807, 2.05) is 6.92 Å². The maximum atomic E-state index is 12.5. The zero-order valence-electron chi connectivity index (χ0n) is 15.3. The molecule has 2 aliphatic rings. The molecule has 1 spiro atoms. The van der Waals surface area contributed by atoms with Crippen LogP contribution in [-0.2, 0) is 14.2 Å². The van der Waals surface area contributed by atoms with E-state index in [0.29, 0.717) is 53.9 Å². The van der Waals surface area contributed by atoms with Crippen molar-refractivity contribution in [1.29, 1.82) is 0 Å². The van der Waals surface area contributed by atoms with E-state index < -0.39 is 11.8 Å². The van der Waals surface area contributed by atoms with E-state index in [9.17, 15) is 4.79 Å². The lowest BCUT2D eigenvalue weighted by molar-refractivity contribution is -0.169. The predicted molar refractivity (Wildman–Crippen MR) is 93.3 cm³/mol. The van der Waals surface area contributed by atoms with Gasteiger partial charge in [-0.2, -0.15) is 4.98 Å². The summed E-state index contributed by atoms with van der Waals surface area (Å²) in [6, 6.07) is 0. The second-order valence-electron chi connectivity index (χ2n) is 6.62. The van der Waals surface area contributed by atoms with E-state index in [-0.39, 0.29) is 0 Å². The number of hydrogen-bond acceptors (Lipinski definition) is 8. The minimum Gasteiger partial charge on any atom is -0.462 e. The fraction of sp³-hybridized carbons (Fsp3) is 0.611. The molecule has 8 heteroatoms. The van der Waals surface area contributed by atoms with Gasteiger partial charge < -0.3 is 23.5 Å². The number of rotatable bonds is 3. The molecule has 2 fully saturated rings. The largest absolute Gasteiger partial charge is 0.462 e. The highest BCUT2D eigenvalue weighted by Crippen LogP contribution is 2.37. The Bertz CT molecular complexity index is 831. The molecule has 0 N–H and O–H groups in total. The van der Waals surface area contributed by atoms with E-state index >= 15 is 0 Å². The van der Waals surface area contributed by atoms with Crippen molar-refractivity contribution in [2.75, 3.05) is 37.8 Å². The van der Waals surface area contributed by atoms with Gasteiger partial charge in [0.25, 0.3) is 0 Å². The Morgan fingerprint density at radius 2 is 1.88 bits per heavy atom. The SMILES string of the molecule is CCOC(=O)c1c(C)oc2nc(C)nc(N3CCC4(CC3)OCCO4)c12. The molecular formula is C18H23N3O5. The average molecular weight is 361 g/mol. The maximum absolute atomic E-state index is 12.5. The van der Waals surface area contributed by atoms with Crippen LogP contribution in [0, 0.1) is 13.8 Å². The number of hydrogen-bond donors (Lipinski definition) is 0. The Hall–Kier alpha value is -2.19. The van der Waals surface area contributed by atoms with Crippen LogP contribution in [0.5, 0.6) is 0 Å². The summed E-state index contributed by atoms with van der Waals surface area (Å²) < 4.78 is 22.6. The number of aromatic nitrogens is 2. The molecule has 0 radical (unpaired) electrons. The van der Waals surface area contributed by atoms with Crippen molar-refractivity contribution in [2.24, 2.45) is 0 Å². The zero-order chi connectivity index (χ0) is 18.3. The van der Waals surface area contributed by atoms with Crippen molar-refractivity contribution in [2.45, 2.75) is 39.4 Å². The van der Waals surface area contributed by atoms with E-state index in [4.69, 9.17) is 18.6 Å². The zero-order valence-corrected chi connectivity index (χ0v) is 15.3. The lowest BCUT2D eigenvalue weighted by atomic mass is 10.0. The van der Waals surface area contributed by atoms with Crippen LogP contribution in [0.15, 0.2) is 4.42 Å². The highest BCUT2D eigenvalue weighted by Gasteiger charge is 2.41. The molecule has 0 atom stereocenters. The van der Waals surface area contributed by atoms with Crippen molar-refractivity contribution >= 4 is 22.9 Å². The maximum Gasteiger partial charge on any atom is 0.342 e. The molecule has 2 aromatic rings. The second kappa shape index (κ2) is 6.51. The van der Waals surface area contributed by atoms with E-state index in [2.05, 4.69) is 14.9 Å². The molecule has 4 heterocycles. The third-order valence-corrected chi connectivity index (χ3v) is 4.94. The monoisotopic (exact) mass is 361 g/mol. The Balaban J connectivity index is 1.73. The Morgan fingerprint density at radius 1 is 1.19 bits per heavy atom. The van der Waals surface area contributed by atoms with Crippen molar-refractivity contribution in [3.8, 4) is 0 Å². The first-order chi connectivity index (χ1) is 12.5. The summed E-state index contributed by atoms with van der Waals surface area (Å²) >= 11 is 0. The number of carbonyl (C=O) groups excluding carboxylic acids is 1. The van der Waals surface area contributed by atoms with Gasteiger partial charge in [0.05, 0.1) is 25.2 Å². The van der Waals surface area contributed by atoms with Gasteiger partial charge in [0.2, 0.25) is 5.71 Å². The van der Waals surface area contributed by atoms with Crippen LogP contribution in [0.1, 0.15) is 41.7 Å². The molecule has 0 bridgehead atoms. The Morgan fingerprint density at radius 3 is 2.54 bits per heavy atom. The Kier molecular flexibility index (Phi) is 4.32. The summed E-state index contributed by atoms with van der Waals surface area (Å²) in [6.07, 6.45) is 1.51. The minimum atomic E-state index is -0.464. The van der Waals surface area contributed by atoms with Crippen molar-refractivity contribution in [1.82, 2.24) is 9.97 Å². The van der Waals surface area contributed by atoms with E-state index in [0.717, 1.165) is 25.9 Å². The van der Waals surface area contributed by atoms with E-state index in [1.165, 1.54) is 0 Å². The van der Waals surface area contributed by atoms with Crippen LogP contribution < -0.4 is 4.90 Å². The van der Waals surface area contributed by atoms with Crippen LogP contribution >= 0.6 is 0 Å². The number of ether oxygens (including phenoxy) is 3. The quantitative estimate of drug-likeness (QED) is 0.770. The van der Waals surface area contributed by atoms with Gasteiger partial charge in [-0.25, -0.2) is 9.78 Å². The van der Waals surface area contributed by atoms with Crippen molar-refractivity contribution in [3.05, 3.63) is 17.1 Å². The van der Waals surface area contributed by atoms with Crippen LogP contribution in [0.2, 0.25) is 0 Å². The minimum absolute atomic E-state index is 0.300. The average Bonchev–Trinajstić information content (AvgIpc) is 3.19. The van der Waals surface area contributed by atoms with Gasteiger partial charge in [0.1, 0.15) is 23.0 Å². The molecule has 0 amide bonds. The molecule has 0 unspecified atom stereocenters. The van der Waals surface area contributed by atoms with Crippen molar-refractivity contribution < 1.29 is 23.4 Å². The summed E-state index contributed by atoms with van der Waals surface area (Å²) in [6.45, 7) is 8.38. The van der Waals surface area contributed by atoms with Crippen molar-refractivity contribution in [3.63, 3.8) is 0 Å². The van der Waals surface area contributed by atoms with Gasteiger partial charge in [0.15, 0.2) is 5.79 Å². The van der Waals surface area contributed by atoms with E-state index in [1.54, 1.807) is 13.8 Å². The molecule has 2 aromatic heterocycles. The van der Waals surface area contributed by atoms with Gasteiger partial charge in [-0.15, -0.1) is 0 Å². The summed E-state index contributed by atoms with van der Waals surface area (Å²) in [5, 5.41) is 0.621. The van der Waals surface area contributed by atoms with Crippen LogP contribution in [-0.4, -0.2) is 54.6 Å². The topological polar surface area (TPSA) is 86.9 Å². The second-order valence-corrected chi connectivity index (χ2v) is 6.62. The number of furan rings is 1. The number of fused-ring (bicyclic) bond motifs is 1. The van der Waals surface area contributed by atoms with Gasteiger partial charge in [-0.1, -0.05) is 0 Å². The van der Waals surface area contributed by atoms with Crippen LogP contribution in [0.4, 0.5) is 5.82 Å². The number of carbonyl (C=O) groups is 1. The predicted octanol–water partition coefficient (Wildman–Crippen LogP) is 2.36. The number of aryl methyl sites for hydroxylation is 2. The highest BCUT2D eigenvalue weighted by atomic mass is 16.7. The standard InChI is InChI=1S/C18H23N3O5/c1-4-23-17(22)13-11(2)26-16-14(13)15(19-12(3)20-16)21-7-5-18(6-8-21)24-9-10-25-18/h4-10H2,1-3H3. The summed E-state index contributed by atoms with van der Waals surface area (Å²) in [5.41, 5.74) is 0.826. The van der Waals surface area contributed by atoms with Crippen LogP contribution in [0.3, 0.4) is 0 Å². The molecule has 26 heavy (non-hydrogen) atoms. The first-order valence-corrected chi connectivity index (χ1v) is 9.01. The third kappa shape index (κ3) is 2.83. The molecule has 0 aliphatic carbocycles. The van der Waals surface area contributed by atoms with Gasteiger partial charge in [-0.3, -0.25) is 0 Å². The molecule has 2 aliphatic heterocycles. The number of anilines is 1. The lowest BCUT2D eigenvalue weighted by Gasteiger charge is -2.38. The van der Waals surface area contributed by atoms with Gasteiger partial charge in [0, 0.05) is 25.9 Å². The Labute approximate surface area is 151 Å². The molecule has 4 rings (SSSR count). The summed E-state index contributed by atoms with van der Waals surface area (Å²) in [4.78, 5) is 23.6. The molecule has 8 nitrogen and oxygen atoms in total. The van der Waals surface area contributed by atoms with Crippen LogP contribution in [0.25, 0.3) is 11.1 Å². The first kappa shape index (κ1) is 17.2. The normalized spacial score (nSPS) is 19.4. The highest BCUT2D eigenvalue weighted by molar-refractivity contribution is 6.08. The third-order valence-electron chi connectivity index (χ3n) is 4.94. The number of piperidine rings is 1. The first-order valence-electron chi connectivity index (χ1n) is 9.01. The lowest BCUT2D eigenvalue weighted by Crippen LogP contribution is -2.45. The van der Waals surface area contributed by atoms with Gasteiger partial charge >= 0.3 is 5.97 Å². The molecular weight excluding hydrogens is 338 g/mol. The molecule has 2 saturated heterocycles. The fourth-order valence-corrected chi connectivity index (χ4v) is 3.72. The summed E-state index contributed by atoms with van der Waals surface area (Å²) in [7, 11) is 0. The molecule has 140 valence electrons. The summed E-state index contributed by atoms with van der Waals surface area (Å²) in [5.74, 6) is 0.933. The molecule has 0 aromatic carbocycles. The fourth-order valence-electron chi connectivity index (χ4n) is 3.72. The number of nitrogens with zero attached hydrogens (tertiary/aromatic N) is 3. The number of esters is 1. The smallest absolute Gasteiger partial charge is 0.342 e.